The summed E-state index contributed by atoms with van der Waals surface area (Å²) in [4.78, 5) is 23.3. The third-order valence-electron chi connectivity index (χ3n) is 3.62. The predicted molar refractivity (Wildman–Crippen MR) is 98.6 cm³/mol. The average molecular weight is 338 g/mol. The Balaban J connectivity index is 1.78. The summed E-state index contributed by atoms with van der Waals surface area (Å²) >= 11 is 1.34. The Hall–Kier alpha value is -2.73. The number of thiazole rings is 1. The number of benzene rings is 1. The molecule has 6 heteroatoms. The van der Waals surface area contributed by atoms with Gasteiger partial charge in [0.05, 0.1) is 11.1 Å². The lowest BCUT2D eigenvalue weighted by Gasteiger charge is -2.15. The molecule has 0 amide bonds. The fraction of sp³-hybridized carbons (Fsp3) is 0.167. The number of nitrogens with zero attached hydrogens (tertiary/aromatic N) is 3. The molecule has 24 heavy (non-hydrogen) atoms. The molecule has 0 aliphatic carbocycles. The van der Waals surface area contributed by atoms with E-state index in [2.05, 4.69) is 26.3 Å². The lowest BCUT2D eigenvalue weighted by molar-refractivity contribution is 0.104. The molecule has 0 fully saturated rings. The van der Waals surface area contributed by atoms with Gasteiger partial charge in [0.1, 0.15) is 0 Å². The van der Waals surface area contributed by atoms with E-state index in [1.54, 1.807) is 30.7 Å². The van der Waals surface area contributed by atoms with E-state index in [-0.39, 0.29) is 5.78 Å². The van der Waals surface area contributed by atoms with Crippen molar-refractivity contribution in [2.24, 2.45) is 0 Å². The van der Waals surface area contributed by atoms with Crippen molar-refractivity contribution in [3.05, 3.63) is 64.9 Å². The lowest BCUT2D eigenvalue weighted by Crippen LogP contribution is -2.08. The molecule has 0 bridgehead atoms. The van der Waals surface area contributed by atoms with Gasteiger partial charge in [-0.15, -0.1) is 0 Å². The third-order valence-corrected chi connectivity index (χ3v) is 4.53. The summed E-state index contributed by atoms with van der Waals surface area (Å²) in [5.41, 5.74) is 3.82. The molecule has 0 spiro atoms. The molecule has 1 N–H and O–H groups in total. The van der Waals surface area contributed by atoms with Crippen LogP contribution in [0.4, 0.5) is 16.5 Å². The van der Waals surface area contributed by atoms with E-state index in [1.165, 1.54) is 11.3 Å². The highest BCUT2D eigenvalue weighted by Gasteiger charge is 2.13. The average Bonchev–Trinajstić information content (AvgIpc) is 3.05. The van der Waals surface area contributed by atoms with Gasteiger partial charge < -0.3 is 10.2 Å². The fourth-order valence-electron chi connectivity index (χ4n) is 2.26. The van der Waals surface area contributed by atoms with E-state index >= 15 is 0 Å². The van der Waals surface area contributed by atoms with E-state index < -0.39 is 0 Å². The van der Waals surface area contributed by atoms with Crippen molar-refractivity contribution in [3.8, 4) is 0 Å². The van der Waals surface area contributed by atoms with Crippen LogP contribution in [-0.2, 0) is 0 Å². The molecule has 3 aromatic rings. The molecular formula is C18H18N4OS. The van der Waals surface area contributed by atoms with Crippen LogP contribution in [0.1, 0.15) is 20.8 Å². The number of nitrogens with one attached hydrogen (secondary N) is 1. The largest absolute Gasteiger partial charge is 0.378 e. The van der Waals surface area contributed by atoms with Crippen molar-refractivity contribution in [3.63, 3.8) is 0 Å². The van der Waals surface area contributed by atoms with Gasteiger partial charge in [-0.1, -0.05) is 11.3 Å². The second-order valence-electron chi connectivity index (χ2n) is 5.62. The molecule has 0 aliphatic rings. The van der Waals surface area contributed by atoms with Crippen LogP contribution in [-0.4, -0.2) is 29.8 Å². The van der Waals surface area contributed by atoms with Gasteiger partial charge in [0.25, 0.3) is 0 Å². The minimum atomic E-state index is -0.0617. The number of hydrogen-bond donors (Lipinski definition) is 1. The van der Waals surface area contributed by atoms with E-state index in [9.17, 15) is 4.79 Å². The van der Waals surface area contributed by atoms with Gasteiger partial charge in [0.2, 0.25) is 5.78 Å². The Morgan fingerprint density at radius 1 is 1.21 bits per heavy atom. The second kappa shape index (κ2) is 6.80. The Labute approximate surface area is 145 Å². The molecule has 2 aromatic heterocycles. The first-order valence-electron chi connectivity index (χ1n) is 7.50. The van der Waals surface area contributed by atoms with E-state index in [0.29, 0.717) is 15.6 Å². The highest BCUT2D eigenvalue weighted by Crippen LogP contribution is 2.28. The van der Waals surface area contributed by atoms with Gasteiger partial charge in [0, 0.05) is 43.4 Å². The zero-order valence-electron chi connectivity index (χ0n) is 13.8. The van der Waals surface area contributed by atoms with E-state index in [0.717, 1.165) is 16.9 Å². The summed E-state index contributed by atoms with van der Waals surface area (Å²) in [5.74, 6) is -0.0617. The number of anilines is 3. The minimum absolute atomic E-state index is 0.0617. The smallest absolute Gasteiger partial charge is 0.206 e. The molecule has 1 aromatic carbocycles. The number of carbonyl (C=O) groups is 1. The van der Waals surface area contributed by atoms with Crippen molar-refractivity contribution in [2.75, 3.05) is 24.3 Å². The summed E-state index contributed by atoms with van der Waals surface area (Å²) in [7, 11) is 4.03. The fourth-order valence-corrected chi connectivity index (χ4v) is 3.05. The Kier molecular flexibility index (Phi) is 4.57. The monoisotopic (exact) mass is 338 g/mol. The number of rotatable bonds is 5. The minimum Gasteiger partial charge on any atom is -0.378 e. The Morgan fingerprint density at radius 3 is 2.71 bits per heavy atom. The molecule has 0 aliphatic heterocycles. The summed E-state index contributed by atoms with van der Waals surface area (Å²) in [6.07, 6.45) is 4.82. The maximum absolute atomic E-state index is 12.4. The molecule has 0 atom stereocenters. The summed E-state index contributed by atoms with van der Waals surface area (Å²) in [6.45, 7) is 2.05. The first-order valence-corrected chi connectivity index (χ1v) is 8.32. The van der Waals surface area contributed by atoms with Crippen molar-refractivity contribution in [1.29, 1.82) is 0 Å². The van der Waals surface area contributed by atoms with Crippen LogP contribution in [0, 0.1) is 6.92 Å². The molecule has 2 heterocycles. The number of carbonyl (C=O) groups excluding carboxylic acids is 1. The topological polar surface area (TPSA) is 58.1 Å². The first kappa shape index (κ1) is 16.1. The molecule has 0 unspecified atom stereocenters. The van der Waals surface area contributed by atoms with Crippen LogP contribution in [0.5, 0.6) is 0 Å². The van der Waals surface area contributed by atoms with Gasteiger partial charge in [-0.25, -0.2) is 4.98 Å². The van der Waals surface area contributed by atoms with Gasteiger partial charge in [-0.3, -0.25) is 9.78 Å². The first-order chi connectivity index (χ1) is 11.5. The molecular weight excluding hydrogens is 320 g/mol. The van der Waals surface area contributed by atoms with Crippen LogP contribution in [0.25, 0.3) is 0 Å². The molecule has 5 nitrogen and oxygen atoms in total. The number of aryl methyl sites for hydroxylation is 1. The van der Waals surface area contributed by atoms with Crippen LogP contribution in [0.15, 0.2) is 48.9 Å². The standard InChI is InChI=1S/C18H18N4OS/c1-12-9-14(22(2)3)6-7-15(12)21-18-20-11-16(24-18)17(23)13-5-4-8-19-10-13/h4-11H,1-3H3,(H,20,21). The maximum Gasteiger partial charge on any atom is 0.206 e. The summed E-state index contributed by atoms with van der Waals surface area (Å²) in [5, 5.41) is 3.98. The number of ketones is 1. The van der Waals surface area contributed by atoms with E-state index in [4.69, 9.17) is 0 Å². The van der Waals surface area contributed by atoms with Crippen molar-refractivity contribution < 1.29 is 4.79 Å². The molecule has 0 saturated carbocycles. The number of aromatic nitrogens is 2. The van der Waals surface area contributed by atoms with Crippen molar-refractivity contribution in [1.82, 2.24) is 9.97 Å². The Bertz CT molecular complexity index is 858. The van der Waals surface area contributed by atoms with E-state index in [1.807, 2.05) is 33.2 Å². The maximum atomic E-state index is 12.4. The summed E-state index contributed by atoms with van der Waals surface area (Å²) < 4.78 is 0. The second-order valence-corrected chi connectivity index (χ2v) is 6.65. The third kappa shape index (κ3) is 3.44. The van der Waals surface area contributed by atoms with Crippen LogP contribution in [0.3, 0.4) is 0 Å². The normalized spacial score (nSPS) is 10.5. The van der Waals surface area contributed by atoms with Crippen LogP contribution in [0.2, 0.25) is 0 Å². The van der Waals surface area contributed by atoms with Gasteiger partial charge >= 0.3 is 0 Å². The molecule has 0 saturated heterocycles. The molecule has 0 radical (unpaired) electrons. The number of hydrogen-bond acceptors (Lipinski definition) is 6. The lowest BCUT2D eigenvalue weighted by atomic mass is 10.1. The van der Waals surface area contributed by atoms with Crippen molar-refractivity contribution in [2.45, 2.75) is 6.92 Å². The van der Waals surface area contributed by atoms with Gasteiger partial charge in [-0.05, 0) is 42.8 Å². The zero-order chi connectivity index (χ0) is 17.1. The van der Waals surface area contributed by atoms with Crippen LogP contribution < -0.4 is 10.2 Å². The van der Waals surface area contributed by atoms with Gasteiger partial charge in [-0.2, -0.15) is 0 Å². The SMILES string of the molecule is Cc1cc(N(C)C)ccc1Nc1ncc(C(=O)c2cccnc2)s1. The summed E-state index contributed by atoms with van der Waals surface area (Å²) in [6, 6.07) is 9.69. The molecule has 3 rings (SSSR count). The van der Waals surface area contributed by atoms with Crippen molar-refractivity contribution >= 4 is 33.6 Å². The highest BCUT2D eigenvalue weighted by atomic mass is 32.1. The van der Waals surface area contributed by atoms with Gasteiger partial charge in [0.15, 0.2) is 5.13 Å². The number of pyridine rings is 1. The quantitative estimate of drug-likeness (QED) is 0.715. The highest BCUT2D eigenvalue weighted by molar-refractivity contribution is 7.17. The predicted octanol–water partition coefficient (Wildman–Crippen LogP) is 3.89. The molecule has 122 valence electrons. The Morgan fingerprint density at radius 2 is 2.04 bits per heavy atom. The zero-order valence-corrected chi connectivity index (χ0v) is 14.6. The van der Waals surface area contributed by atoms with Crippen LogP contribution >= 0.6 is 11.3 Å².